The maximum absolute atomic E-state index is 12.3. The third-order valence-electron chi connectivity index (χ3n) is 3.65. The van der Waals surface area contributed by atoms with E-state index in [1.807, 2.05) is 13.0 Å². The third-order valence-corrected chi connectivity index (χ3v) is 5.72. The molecule has 0 aromatic carbocycles. The molecule has 2 aromatic rings. The number of methoxy groups -OCH3 is 1. The summed E-state index contributed by atoms with van der Waals surface area (Å²) in [6, 6.07) is 4.15. The molecule has 0 fully saturated rings. The SMILES string of the molecule is CCc1[nH]c(C(=O)NCCSCc2cccs2)c(C)c1C(=O)OC. The minimum atomic E-state index is -0.411. The van der Waals surface area contributed by atoms with Crippen LogP contribution in [0.1, 0.15) is 43.9 Å². The van der Waals surface area contributed by atoms with Gasteiger partial charge in [0.15, 0.2) is 0 Å². The smallest absolute Gasteiger partial charge is 0.339 e. The number of amides is 1. The molecule has 130 valence electrons. The fourth-order valence-corrected chi connectivity index (χ4v) is 4.12. The maximum Gasteiger partial charge on any atom is 0.339 e. The molecular weight excluding hydrogens is 344 g/mol. The topological polar surface area (TPSA) is 71.2 Å². The Labute approximate surface area is 150 Å². The number of thiophene rings is 1. The zero-order chi connectivity index (χ0) is 17.5. The Morgan fingerprint density at radius 3 is 2.83 bits per heavy atom. The Kier molecular flexibility index (Phi) is 6.93. The first-order valence-electron chi connectivity index (χ1n) is 7.76. The zero-order valence-electron chi connectivity index (χ0n) is 14.1. The van der Waals surface area contributed by atoms with Crippen molar-refractivity contribution in [1.29, 1.82) is 0 Å². The van der Waals surface area contributed by atoms with Crippen LogP contribution in [-0.4, -0.2) is 36.3 Å². The molecule has 24 heavy (non-hydrogen) atoms. The lowest BCUT2D eigenvalue weighted by Crippen LogP contribution is -2.26. The highest BCUT2D eigenvalue weighted by Crippen LogP contribution is 2.20. The van der Waals surface area contributed by atoms with Crippen LogP contribution in [0.4, 0.5) is 0 Å². The summed E-state index contributed by atoms with van der Waals surface area (Å²) in [6.45, 7) is 4.28. The van der Waals surface area contributed by atoms with E-state index in [0.717, 1.165) is 17.2 Å². The normalized spacial score (nSPS) is 10.6. The van der Waals surface area contributed by atoms with Gasteiger partial charge < -0.3 is 15.0 Å². The number of carbonyl (C=O) groups is 2. The quantitative estimate of drug-likeness (QED) is 0.555. The Balaban J connectivity index is 1.90. The van der Waals surface area contributed by atoms with Crippen LogP contribution in [0.15, 0.2) is 17.5 Å². The fraction of sp³-hybridized carbons (Fsp3) is 0.412. The van der Waals surface area contributed by atoms with Gasteiger partial charge in [-0.2, -0.15) is 11.8 Å². The molecule has 0 aliphatic rings. The number of aryl methyl sites for hydroxylation is 1. The molecule has 0 unspecified atom stereocenters. The second-order valence-electron chi connectivity index (χ2n) is 5.21. The highest BCUT2D eigenvalue weighted by molar-refractivity contribution is 7.98. The van der Waals surface area contributed by atoms with Crippen LogP contribution in [0, 0.1) is 6.92 Å². The van der Waals surface area contributed by atoms with Crippen LogP contribution < -0.4 is 5.32 Å². The summed E-state index contributed by atoms with van der Waals surface area (Å²) in [5, 5.41) is 4.97. The van der Waals surface area contributed by atoms with Crippen molar-refractivity contribution in [2.24, 2.45) is 0 Å². The Morgan fingerprint density at radius 1 is 1.42 bits per heavy atom. The largest absolute Gasteiger partial charge is 0.465 e. The number of nitrogens with one attached hydrogen (secondary N) is 2. The predicted octanol–water partition coefficient (Wildman–Crippen LogP) is 3.40. The van der Waals surface area contributed by atoms with Crippen LogP contribution >= 0.6 is 23.1 Å². The van der Waals surface area contributed by atoms with Crippen LogP contribution in [0.25, 0.3) is 0 Å². The van der Waals surface area contributed by atoms with Crippen molar-refractivity contribution in [3.05, 3.63) is 44.9 Å². The molecule has 2 aromatic heterocycles. The van der Waals surface area contributed by atoms with Crippen molar-refractivity contribution in [2.75, 3.05) is 19.4 Å². The van der Waals surface area contributed by atoms with Gasteiger partial charge in [0.2, 0.25) is 0 Å². The van der Waals surface area contributed by atoms with Crippen molar-refractivity contribution in [2.45, 2.75) is 26.0 Å². The van der Waals surface area contributed by atoms with Crippen molar-refractivity contribution in [3.63, 3.8) is 0 Å². The molecule has 0 aliphatic carbocycles. The van der Waals surface area contributed by atoms with Crippen LogP contribution in [0.5, 0.6) is 0 Å². The number of aromatic nitrogens is 1. The van der Waals surface area contributed by atoms with Gasteiger partial charge in [-0.15, -0.1) is 11.3 Å². The standard InChI is InChI=1S/C17H22N2O3S2/c1-4-13-14(17(21)22-3)11(2)15(19-13)16(20)18-7-9-23-10-12-6-5-8-24-12/h5-6,8,19H,4,7,9-10H2,1-3H3,(H,18,20). The molecule has 2 heterocycles. The van der Waals surface area contributed by atoms with Gasteiger partial charge in [0, 0.05) is 28.6 Å². The summed E-state index contributed by atoms with van der Waals surface area (Å²) in [5.74, 6) is 1.20. The molecule has 7 heteroatoms. The van der Waals surface area contributed by atoms with E-state index in [1.165, 1.54) is 12.0 Å². The van der Waals surface area contributed by atoms with Gasteiger partial charge in [0.25, 0.3) is 5.91 Å². The van der Waals surface area contributed by atoms with Crippen LogP contribution in [-0.2, 0) is 16.9 Å². The minimum Gasteiger partial charge on any atom is -0.465 e. The monoisotopic (exact) mass is 366 g/mol. The molecule has 2 rings (SSSR count). The van der Waals surface area contributed by atoms with Crippen molar-refractivity contribution in [3.8, 4) is 0 Å². The maximum atomic E-state index is 12.3. The lowest BCUT2D eigenvalue weighted by Gasteiger charge is -2.05. The summed E-state index contributed by atoms with van der Waals surface area (Å²) < 4.78 is 4.81. The van der Waals surface area contributed by atoms with Gasteiger partial charge in [-0.3, -0.25) is 4.79 Å². The van der Waals surface area contributed by atoms with E-state index in [9.17, 15) is 9.59 Å². The number of H-pyrrole nitrogens is 1. The van der Waals surface area contributed by atoms with E-state index >= 15 is 0 Å². The van der Waals surface area contributed by atoms with E-state index in [0.29, 0.717) is 29.8 Å². The van der Waals surface area contributed by atoms with Crippen molar-refractivity contribution >= 4 is 35.0 Å². The van der Waals surface area contributed by atoms with Crippen LogP contribution in [0.3, 0.4) is 0 Å². The van der Waals surface area contributed by atoms with Gasteiger partial charge in [-0.05, 0) is 30.4 Å². The lowest BCUT2D eigenvalue weighted by molar-refractivity contribution is 0.0599. The van der Waals surface area contributed by atoms with E-state index in [2.05, 4.69) is 21.7 Å². The fourth-order valence-electron chi connectivity index (χ4n) is 2.42. The molecule has 0 saturated carbocycles. The van der Waals surface area contributed by atoms with Crippen molar-refractivity contribution < 1.29 is 14.3 Å². The average Bonchev–Trinajstić information content (AvgIpc) is 3.21. The molecular formula is C17H22N2O3S2. The number of hydrogen-bond acceptors (Lipinski definition) is 5. The molecule has 0 saturated heterocycles. The molecule has 0 radical (unpaired) electrons. The predicted molar refractivity (Wildman–Crippen MR) is 99.1 cm³/mol. The number of carbonyl (C=O) groups excluding carboxylic acids is 2. The zero-order valence-corrected chi connectivity index (χ0v) is 15.7. The van der Waals surface area contributed by atoms with Gasteiger partial charge >= 0.3 is 5.97 Å². The van der Waals surface area contributed by atoms with Gasteiger partial charge in [0.05, 0.1) is 12.7 Å². The molecule has 2 N–H and O–H groups in total. The van der Waals surface area contributed by atoms with Gasteiger partial charge in [-0.25, -0.2) is 4.79 Å². The highest BCUT2D eigenvalue weighted by Gasteiger charge is 2.23. The lowest BCUT2D eigenvalue weighted by atomic mass is 10.1. The molecule has 0 spiro atoms. The van der Waals surface area contributed by atoms with Crippen LogP contribution in [0.2, 0.25) is 0 Å². The first-order chi connectivity index (χ1) is 11.6. The number of thioether (sulfide) groups is 1. The van der Waals surface area contributed by atoms with E-state index < -0.39 is 5.97 Å². The first kappa shape index (κ1) is 18.6. The summed E-state index contributed by atoms with van der Waals surface area (Å²) >= 11 is 3.53. The minimum absolute atomic E-state index is 0.186. The molecule has 0 bridgehead atoms. The van der Waals surface area contributed by atoms with E-state index in [1.54, 1.807) is 30.0 Å². The Morgan fingerprint density at radius 2 is 2.21 bits per heavy atom. The molecule has 5 nitrogen and oxygen atoms in total. The number of esters is 1. The summed E-state index contributed by atoms with van der Waals surface area (Å²) in [6.07, 6.45) is 0.634. The van der Waals surface area contributed by atoms with Crippen molar-refractivity contribution in [1.82, 2.24) is 10.3 Å². The summed E-state index contributed by atoms with van der Waals surface area (Å²) in [7, 11) is 1.35. The number of ether oxygens (including phenoxy) is 1. The average molecular weight is 367 g/mol. The third kappa shape index (κ3) is 4.42. The van der Waals surface area contributed by atoms with Gasteiger partial charge in [-0.1, -0.05) is 13.0 Å². The molecule has 0 aliphatic heterocycles. The number of hydrogen-bond donors (Lipinski definition) is 2. The highest BCUT2D eigenvalue weighted by atomic mass is 32.2. The summed E-state index contributed by atoms with van der Waals surface area (Å²) in [4.78, 5) is 28.6. The second kappa shape index (κ2) is 8.94. The van der Waals surface area contributed by atoms with Gasteiger partial charge in [0.1, 0.15) is 5.69 Å². The van der Waals surface area contributed by atoms with E-state index in [-0.39, 0.29) is 5.91 Å². The second-order valence-corrected chi connectivity index (χ2v) is 7.35. The molecule has 0 atom stereocenters. The number of rotatable bonds is 8. The first-order valence-corrected chi connectivity index (χ1v) is 9.80. The van der Waals surface area contributed by atoms with E-state index in [4.69, 9.17) is 4.74 Å². The summed E-state index contributed by atoms with van der Waals surface area (Å²) in [5.41, 5.74) is 2.28. The Bertz CT molecular complexity index is 693. The molecule has 1 amide bonds. The number of aromatic amines is 1. The Hall–Kier alpha value is -1.73.